The Kier molecular flexibility index (Phi) is 7.25. The summed E-state index contributed by atoms with van der Waals surface area (Å²) < 4.78 is -2.42. The second-order valence-corrected chi connectivity index (χ2v) is 15.4. The van der Waals surface area contributed by atoms with E-state index in [9.17, 15) is 19.8 Å². The van der Waals surface area contributed by atoms with E-state index in [0.29, 0.717) is 25.7 Å². The van der Waals surface area contributed by atoms with E-state index in [0.717, 1.165) is 0 Å². The number of rotatable bonds is 6. The fourth-order valence-electron chi connectivity index (χ4n) is 6.57. The van der Waals surface area contributed by atoms with Gasteiger partial charge in [-0.1, -0.05) is 0 Å². The molecule has 7 heteroatoms. The van der Waals surface area contributed by atoms with Crippen molar-refractivity contribution in [1.29, 1.82) is 0 Å². The Morgan fingerprint density at radius 3 is 1.06 bits per heavy atom. The SMILES string of the molecule is CN1C(C)(C)CC(C(C)(SC(C)(C(=O)O)C2CC(C)(C)N(C)C(C)(C)C2)C(=O)O)CC1(C)C. The summed E-state index contributed by atoms with van der Waals surface area (Å²) in [6.45, 7) is 20.8. The van der Waals surface area contributed by atoms with Crippen LogP contribution in [0.3, 0.4) is 0 Å². The third-order valence-corrected chi connectivity index (χ3v) is 11.3. The number of nitrogens with zero attached hydrogens (tertiary/aromatic N) is 2. The number of piperidine rings is 2. The summed E-state index contributed by atoms with van der Waals surface area (Å²) in [5, 5.41) is 21.1. The number of likely N-dealkylation sites (tertiary alicyclic amines) is 2. The Morgan fingerprint density at radius 1 is 0.667 bits per heavy atom. The minimum atomic E-state index is -1.21. The van der Waals surface area contributed by atoms with Crippen LogP contribution < -0.4 is 0 Å². The standard InChI is InChI=1S/C26H48N2O4S/c1-21(2)13-17(14-22(3,4)27(21)11)25(9,19(29)30)33-26(10,20(31)32)18-15-23(5,6)28(12)24(7,8)16-18/h17-18H,13-16H2,1-12H3,(H,29,30)(H,31,32). The number of carboxylic acids is 2. The Morgan fingerprint density at radius 2 is 0.879 bits per heavy atom. The predicted molar refractivity (Wildman–Crippen MR) is 137 cm³/mol. The predicted octanol–water partition coefficient (Wildman–Crippen LogP) is 5.20. The highest BCUT2D eigenvalue weighted by atomic mass is 32.2. The van der Waals surface area contributed by atoms with Crippen molar-refractivity contribution < 1.29 is 19.8 Å². The van der Waals surface area contributed by atoms with Gasteiger partial charge in [-0.2, -0.15) is 0 Å². The summed E-state index contributed by atoms with van der Waals surface area (Å²) in [6.07, 6.45) is 2.84. The number of hydrogen-bond acceptors (Lipinski definition) is 5. The highest BCUT2D eigenvalue weighted by Crippen LogP contribution is 2.56. The molecule has 2 aliphatic rings. The third kappa shape index (κ3) is 4.97. The smallest absolute Gasteiger partial charge is 0.319 e. The van der Waals surface area contributed by atoms with Gasteiger partial charge in [-0.3, -0.25) is 19.4 Å². The topological polar surface area (TPSA) is 81.1 Å². The van der Waals surface area contributed by atoms with E-state index >= 15 is 0 Å². The molecule has 2 aliphatic heterocycles. The van der Waals surface area contributed by atoms with Crippen molar-refractivity contribution in [3.05, 3.63) is 0 Å². The summed E-state index contributed by atoms with van der Waals surface area (Å²) >= 11 is 1.19. The molecule has 0 radical (unpaired) electrons. The molecule has 2 atom stereocenters. The molecule has 2 saturated heterocycles. The summed E-state index contributed by atoms with van der Waals surface area (Å²) in [5.41, 5.74) is -0.719. The number of carbonyl (C=O) groups is 2. The van der Waals surface area contributed by atoms with E-state index in [4.69, 9.17) is 0 Å². The molecule has 0 saturated carbocycles. The monoisotopic (exact) mass is 484 g/mol. The zero-order valence-corrected chi connectivity index (χ0v) is 23.8. The minimum absolute atomic E-state index is 0.146. The lowest BCUT2D eigenvalue weighted by Crippen LogP contribution is -2.64. The van der Waals surface area contributed by atoms with Crippen LogP contribution in [0.25, 0.3) is 0 Å². The normalized spacial score (nSPS) is 29.7. The van der Waals surface area contributed by atoms with Crippen molar-refractivity contribution >= 4 is 23.7 Å². The highest BCUT2D eigenvalue weighted by molar-refractivity contribution is 8.03. The van der Waals surface area contributed by atoms with Gasteiger partial charge in [0.25, 0.3) is 0 Å². The van der Waals surface area contributed by atoms with Gasteiger partial charge in [-0.25, -0.2) is 0 Å². The highest BCUT2D eigenvalue weighted by Gasteiger charge is 2.59. The van der Waals surface area contributed by atoms with Crippen molar-refractivity contribution in [3.8, 4) is 0 Å². The third-order valence-electron chi connectivity index (χ3n) is 9.45. The van der Waals surface area contributed by atoms with E-state index in [2.05, 4.69) is 79.3 Å². The van der Waals surface area contributed by atoms with Gasteiger partial charge in [-0.15, -0.1) is 11.8 Å². The summed E-state index contributed by atoms with van der Waals surface area (Å²) in [5.74, 6) is -2.11. The molecule has 0 aliphatic carbocycles. The molecule has 2 unspecified atom stereocenters. The van der Waals surface area contributed by atoms with Crippen LogP contribution in [0.5, 0.6) is 0 Å². The fourth-order valence-corrected chi connectivity index (χ4v) is 8.29. The van der Waals surface area contributed by atoms with Crippen LogP contribution in [-0.2, 0) is 9.59 Å². The first-order chi connectivity index (χ1) is 14.5. The van der Waals surface area contributed by atoms with Crippen LogP contribution >= 0.6 is 11.8 Å². The number of aliphatic carboxylic acids is 2. The first-order valence-corrected chi connectivity index (χ1v) is 13.0. The summed E-state index contributed by atoms with van der Waals surface area (Å²) in [7, 11) is 4.21. The maximum atomic E-state index is 12.9. The molecule has 2 rings (SSSR count). The van der Waals surface area contributed by atoms with Crippen LogP contribution in [0, 0.1) is 11.8 Å². The molecular formula is C26H48N2O4S. The zero-order valence-electron chi connectivity index (χ0n) is 23.0. The van der Waals surface area contributed by atoms with Gasteiger partial charge in [0.05, 0.1) is 0 Å². The number of carboxylic acid groups (broad SMARTS) is 2. The number of thioether (sulfide) groups is 1. The molecule has 2 fully saturated rings. The first kappa shape index (κ1) is 28.4. The maximum absolute atomic E-state index is 12.9. The average molecular weight is 485 g/mol. The molecule has 33 heavy (non-hydrogen) atoms. The average Bonchev–Trinajstić information content (AvgIpc) is 2.62. The quantitative estimate of drug-likeness (QED) is 0.536. The van der Waals surface area contributed by atoms with Crippen molar-refractivity contribution in [1.82, 2.24) is 9.80 Å². The second-order valence-electron chi connectivity index (χ2n) is 13.5. The van der Waals surface area contributed by atoms with E-state index in [-0.39, 0.29) is 34.0 Å². The minimum Gasteiger partial charge on any atom is -0.480 e. The lowest BCUT2D eigenvalue weighted by Gasteiger charge is -2.58. The second kappa shape index (κ2) is 8.41. The zero-order chi connectivity index (χ0) is 26.0. The molecule has 0 amide bonds. The Balaban J connectivity index is 2.52. The molecular weight excluding hydrogens is 436 g/mol. The van der Waals surface area contributed by atoms with E-state index < -0.39 is 21.4 Å². The van der Waals surface area contributed by atoms with Crippen molar-refractivity contribution in [2.24, 2.45) is 11.8 Å². The molecule has 0 aromatic heterocycles. The van der Waals surface area contributed by atoms with Gasteiger partial charge in [0.1, 0.15) is 9.49 Å². The van der Waals surface area contributed by atoms with Crippen LogP contribution in [-0.4, -0.2) is 77.7 Å². The van der Waals surface area contributed by atoms with E-state index in [1.165, 1.54) is 11.8 Å². The molecule has 2 heterocycles. The molecule has 0 bridgehead atoms. The van der Waals surface area contributed by atoms with Crippen LogP contribution in [0.4, 0.5) is 0 Å². The Bertz CT molecular complexity index is 693. The van der Waals surface area contributed by atoms with E-state index in [1.807, 2.05) is 0 Å². The first-order valence-electron chi connectivity index (χ1n) is 12.2. The van der Waals surface area contributed by atoms with E-state index in [1.54, 1.807) is 13.8 Å². The molecule has 0 aromatic carbocycles. The van der Waals surface area contributed by atoms with Crippen LogP contribution in [0.1, 0.15) is 94.9 Å². The van der Waals surface area contributed by atoms with Crippen molar-refractivity contribution in [2.45, 2.75) is 127 Å². The fraction of sp³-hybridized carbons (Fsp3) is 0.923. The van der Waals surface area contributed by atoms with Gasteiger partial charge >= 0.3 is 11.9 Å². The molecule has 192 valence electrons. The van der Waals surface area contributed by atoms with Crippen LogP contribution in [0.15, 0.2) is 0 Å². The molecule has 0 aromatic rings. The lowest BCUT2D eigenvalue weighted by molar-refractivity contribution is -0.144. The van der Waals surface area contributed by atoms with Gasteiger partial charge < -0.3 is 10.2 Å². The van der Waals surface area contributed by atoms with Crippen molar-refractivity contribution in [3.63, 3.8) is 0 Å². The molecule has 0 spiro atoms. The van der Waals surface area contributed by atoms with Gasteiger partial charge in [-0.05, 0) is 121 Å². The van der Waals surface area contributed by atoms with Crippen molar-refractivity contribution in [2.75, 3.05) is 14.1 Å². The molecule has 2 N–H and O–H groups in total. The molecule has 6 nitrogen and oxygen atoms in total. The lowest BCUT2D eigenvalue weighted by atomic mass is 9.69. The maximum Gasteiger partial charge on any atom is 0.319 e. The Labute approximate surface area is 205 Å². The van der Waals surface area contributed by atoms with Gasteiger partial charge in [0.15, 0.2) is 0 Å². The Hall–Kier alpha value is -0.790. The van der Waals surface area contributed by atoms with Crippen LogP contribution in [0.2, 0.25) is 0 Å². The largest absolute Gasteiger partial charge is 0.480 e. The number of hydrogen-bond donors (Lipinski definition) is 2. The van der Waals surface area contributed by atoms with Gasteiger partial charge in [0, 0.05) is 22.2 Å². The van der Waals surface area contributed by atoms with Gasteiger partial charge in [0.2, 0.25) is 0 Å². The summed E-state index contributed by atoms with van der Waals surface area (Å²) in [6, 6.07) is 0. The summed E-state index contributed by atoms with van der Waals surface area (Å²) in [4.78, 5) is 30.4.